The molecule has 0 saturated heterocycles. The molecule has 0 aromatic heterocycles. The fourth-order valence-corrected chi connectivity index (χ4v) is 1.95. The lowest BCUT2D eigenvalue weighted by atomic mass is 10.1. The van der Waals surface area contributed by atoms with Crippen molar-refractivity contribution >= 4 is 46.6 Å². The Morgan fingerprint density at radius 1 is 1.00 bits per heavy atom. The normalized spacial score (nSPS) is 10.1. The maximum absolute atomic E-state index is 12.2. The van der Waals surface area contributed by atoms with Gasteiger partial charge >= 0.3 is 0 Å². The van der Waals surface area contributed by atoms with Crippen molar-refractivity contribution in [1.82, 2.24) is 4.90 Å². The van der Waals surface area contributed by atoms with Crippen LogP contribution in [0.5, 0.6) is 0 Å². The van der Waals surface area contributed by atoms with Crippen LogP contribution < -0.4 is 17.2 Å². The summed E-state index contributed by atoms with van der Waals surface area (Å²) in [6.45, 7) is -0.914. The molecule has 1 aromatic carbocycles. The number of benzene rings is 1. The van der Waals surface area contributed by atoms with E-state index in [0.29, 0.717) is 0 Å². The Labute approximate surface area is 124 Å². The number of primary amides is 2. The van der Waals surface area contributed by atoms with Gasteiger partial charge in [0.2, 0.25) is 11.8 Å². The van der Waals surface area contributed by atoms with Crippen molar-refractivity contribution in [2.75, 3.05) is 18.8 Å². The van der Waals surface area contributed by atoms with Crippen LogP contribution in [-0.2, 0) is 9.59 Å². The molecule has 0 atom stereocenters. The Morgan fingerprint density at radius 2 is 1.40 bits per heavy atom. The van der Waals surface area contributed by atoms with E-state index in [-0.39, 0.29) is 21.3 Å². The summed E-state index contributed by atoms with van der Waals surface area (Å²) < 4.78 is 0. The third-order valence-electron chi connectivity index (χ3n) is 2.31. The van der Waals surface area contributed by atoms with Gasteiger partial charge in [-0.3, -0.25) is 14.4 Å². The van der Waals surface area contributed by atoms with Crippen molar-refractivity contribution in [3.8, 4) is 0 Å². The molecule has 108 valence electrons. The summed E-state index contributed by atoms with van der Waals surface area (Å²) in [5, 5.41) is 0.165. The van der Waals surface area contributed by atoms with Crippen LogP contribution in [0.4, 0.5) is 5.69 Å². The molecule has 0 bridgehead atoms. The van der Waals surface area contributed by atoms with Crippen LogP contribution >= 0.6 is 23.2 Å². The monoisotopic (exact) mass is 318 g/mol. The number of halogens is 2. The SMILES string of the molecule is NC(=O)CN(CC(N)=O)C(=O)c1cc(Cl)c(N)c(Cl)c1. The van der Waals surface area contributed by atoms with E-state index in [0.717, 1.165) is 4.90 Å². The summed E-state index contributed by atoms with van der Waals surface area (Å²) in [5.41, 5.74) is 15.8. The fourth-order valence-electron chi connectivity index (χ4n) is 1.47. The van der Waals surface area contributed by atoms with Crippen molar-refractivity contribution in [2.24, 2.45) is 11.5 Å². The van der Waals surface area contributed by atoms with Crippen molar-refractivity contribution in [2.45, 2.75) is 0 Å². The largest absolute Gasteiger partial charge is 0.396 e. The molecule has 0 fully saturated rings. The highest BCUT2D eigenvalue weighted by Crippen LogP contribution is 2.29. The molecule has 0 spiro atoms. The average molecular weight is 319 g/mol. The van der Waals surface area contributed by atoms with E-state index in [1.54, 1.807) is 0 Å². The number of nitrogens with zero attached hydrogens (tertiary/aromatic N) is 1. The lowest BCUT2D eigenvalue weighted by Crippen LogP contribution is -2.43. The summed E-state index contributed by atoms with van der Waals surface area (Å²) in [7, 11) is 0. The molecule has 1 aromatic rings. The number of nitrogen functional groups attached to an aromatic ring is 1. The first-order valence-electron chi connectivity index (χ1n) is 5.32. The number of hydrogen-bond donors (Lipinski definition) is 3. The van der Waals surface area contributed by atoms with Gasteiger partial charge < -0.3 is 22.1 Å². The minimum Gasteiger partial charge on any atom is -0.396 e. The maximum atomic E-state index is 12.2. The number of carbonyl (C=O) groups is 3. The third kappa shape index (κ3) is 4.01. The number of anilines is 1. The molecule has 7 nitrogen and oxygen atoms in total. The molecule has 0 heterocycles. The number of rotatable bonds is 5. The van der Waals surface area contributed by atoms with E-state index < -0.39 is 30.8 Å². The van der Waals surface area contributed by atoms with Gasteiger partial charge in [-0.15, -0.1) is 0 Å². The van der Waals surface area contributed by atoms with Gasteiger partial charge in [-0.05, 0) is 12.1 Å². The number of carbonyl (C=O) groups excluding carboxylic acids is 3. The van der Waals surface area contributed by atoms with Crippen molar-refractivity contribution in [3.63, 3.8) is 0 Å². The molecule has 20 heavy (non-hydrogen) atoms. The molecule has 3 amide bonds. The van der Waals surface area contributed by atoms with Crippen LogP contribution in [-0.4, -0.2) is 35.7 Å². The van der Waals surface area contributed by atoms with Crippen LogP contribution in [0.1, 0.15) is 10.4 Å². The zero-order chi connectivity index (χ0) is 15.4. The van der Waals surface area contributed by atoms with Gasteiger partial charge in [0.25, 0.3) is 5.91 Å². The Hall–Kier alpha value is -1.99. The van der Waals surface area contributed by atoms with Crippen LogP contribution in [0, 0.1) is 0 Å². The molecule has 0 aliphatic rings. The number of hydrogen-bond acceptors (Lipinski definition) is 4. The Balaban J connectivity index is 3.11. The molecule has 1 rings (SSSR count). The second-order valence-electron chi connectivity index (χ2n) is 3.95. The van der Waals surface area contributed by atoms with Gasteiger partial charge in [0.05, 0.1) is 15.7 Å². The van der Waals surface area contributed by atoms with E-state index in [1.807, 2.05) is 0 Å². The minimum absolute atomic E-state index is 0.0664. The lowest BCUT2D eigenvalue weighted by Gasteiger charge is -2.20. The first kappa shape index (κ1) is 16.1. The van der Waals surface area contributed by atoms with Gasteiger partial charge in [-0.2, -0.15) is 0 Å². The molecule has 0 aliphatic carbocycles. The summed E-state index contributed by atoms with van der Waals surface area (Å²) >= 11 is 11.6. The van der Waals surface area contributed by atoms with Gasteiger partial charge in [-0.1, -0.05) is 23.2 Å². The number of nitrogens with two attached hydrogens (primary N) is 3. The van der Waals surface area contributed by atoms with Gasteiger partial charge in [0, 0.05) is 5.56 Å². The van der Waals surface area contributed by atoms with E-state index in [4.69, 9.17) is 40.4 Å². The smallest absolute Gasteiger partial charge is 0.254 e. The average Bonchev–Trinajstić information content (AvgIpc) is 2.32. The summed E-state index contributed by atoms with van der Waals surface area (Å²) in [4.78, 5) is 34.9. The first-order chi connectivity index (χ1) is 9.22. The van der Waals surface area contributed by atoms with Gasteiger partial charge in [-0.25, -0.2) is 0 Å². The zero-order valence-electron chi connectivity index (χ0n) is 10.2. The van der Waals surface area contributed by atoms with E-state index in [9.17, 15) is 14.4 Å². The summed E-state index contributed by atoms with van der Waals surface area (Å²) in [6.07, 6.45) is 0. The second kappa shape index (κ2) is 6.44. The highest BCUT2D eigenvalue weighted by molar-refractivity contribution is 6.39. The minimum atomic E-state index is -0.785. The third-order valence-corrected chi connectivity index (χ3v) is 2.93. The predicted molar refractivity (Wildman–Crippen MR) is 75.2 cm³/mol. The topological polar surface area (TPSA) is 133 Å². The summed E-state index contributed by atoms with van der Waals surface area (Å²) in [6, 6.07) is 2.56. The van der Waals surface area contributed by atoms with Crippen LogP contribution in [0.3, 0.4) is 0 Å². The van der Waals surface area contributed by atoms with Crippen LogP contribution in [0.2, 0.25) is 10.0 Å². The van der Waals surface area contributed by atoms with Crippen molar-refractivity contribution in [3.05, 3.63) is 27.7 Å². The molecule has 0 saturated carbocycles. The van der Waals surface area contributed by atoms with Crippen LogP contribution in [0.15, 0.2) is 12.1 Å². The van der Waals surface area contributed by atoms with E-state index >= 15 is 0 Å². The zero-order valence-corrected chi connectivity index (χ0v) is 11.7. The highest BCUT2D eigenvalue weighted by Gasteiger charge is 2.21. The van der Waals surface area contributed by atoms with E-state index in [2.05, 4.69) is 0 Å². The standard InChI is InChI=1S/C11H12Cl2N4O3/c12-6-1-5(2-7(13)10(6)16)11(20)17(3-8(14)18)4-9(15)19/h1-2H,3-4,16H2,(H2,14,18)(H2,15,19). The molecule has 9 heteroatoms. The Morgan fingerprint density at radius 3 is 1.75 bits per heavy atom. The van der Waals surface area contributed by atoms with Crippen molar-refractivity contribution in [1.29, 1.82) is 0 Å². The van der Waals surface area contributed by atoms with Crippen LogP contribution in [0.25, 0.3) is 0 Å². The predicted octanol–water partition coefficient (Wildman–Crippen LogP) is -0.0116. The lowest BCUT2D eigenvalue weighted by molar-refractivity contribution is -0.121. The fraction of sp³-hybridized carbons (Fsp3) is 0.182. The molecule has 6 N–H and O–H groups in total. The highest BCUT2D eigenvalue weighted by atomic mass is 35.5. The van der Waals surface area contributed by atoms with Gasteiger partial charge in [0.15, 0.2) is 0 Å². The first-order valence-corrected chi connectivity index (χ1v) is 6.08. The molecule has 0 radical (unpaired) electrons. The maximum Gasteiger partial charge on any atom is 0.254 e. The Kier molecular flexibility index (Phi) is 5.18. The number of amides is 3. The molecular weight excluding hydrogens is 307 g/mol. The molecule has 0 aliphatic heterocycles. The quantitative estimate of drug-likeness (QED) is 0.658. The van der Waals surface area contributed by atoms with E-state index in [1.165, 1.54) is 12.1 Å². The molecular formula is C11H12Cl2N4O3. The Bertz CT molecular complexity index is 538. The van der Waals surface area contributed by atoms with Crippen molar-refractivity contribution < 1.29 is 14.4 Å². The molecule has 0 unspecified atom stereocenters. The van der Waals surface area contributed by atoms with Gasteiger partial charge in [0.1, 0.15) is 13.1 Å². The summed E-state index contributed by atoms with van der Waals surface area (Å²) in [5.74, 6) is -2.23. The second-order valence-corrected chi connectivity index (χ2v) is 4.76.